The molecule has 2 aromatic rings. The Kier molecular flexibility index (Phi) is 6.93. The van der Waals surface area contributed by atoms with Crippen LogP contribution in [0.3, 0.4) is 0 Å². The number of benzene rings is 1. The van der Waals surface area contributed by atoms with Gasteiger partial charge in [-0.25, -0.2) is 4.79 Å². The zero-order valence-electron chi connectivity index (χ0n) is 16.7. The molecule has 1 heterocycles. The molecular weight excluding hydrogens is 356 g/mol. The summed E-state index contributed by atoms with van der Waals surface area (Å²) in [6, 6.07) is 8.97. The van der Waals surface area contributed by atoms with Crippen LogP contribution in [0.4, 0.5) is 0 Å². The number of carbonyl (C=O) groups excluding carboxylic acids is 1. The lowest BCUT2D eigenvalue weighted by Gasteiger charge is -2.14. The van der Waals surface area contributed by atoms with E-state index in [1.807, 2.05) is 33.8 Å². The maximum Gasteiger partial charge on any atom is 0.334 e. The summed E-state index contributed by atoms with van der Waals surface area (Å²) in [7, 11) is 0. The van der Waals surface area contributed by atoms with Gasteiger partial charge in [0.2, 0.25) is 5.88 Å². The van der Waals surface area contributed by atoms with E-state index in [0.717, 1.165) is 25.8 Å². The van der Waals surface area contributed by atoms with E-state index in [1.54, 1.807) is 36.4 Å². The molecule has 0 aliphatic carbocycles. The molecule has 1 aromatic carbocycles. The van der Waals surface area contributed by atoms with Crippen LogP contribution in [-0.2, 0) is 19.5 Å². The fourth-order valence-corrected chi connectivity index (χ4v) is 2.68. The molecule has 0 bridgehead atoms. The smallest absolute Gasteiger partial charge is 0.334 e. The monoisotopic (exact) mass is 382 g/mol. The van der Waals surface area contributed by atoms with Crippen LogP contribution in [0.2, 0.25) is 0 Å². The molecule has 0 fully saturated rings. The van der Waals surface area contributed by atoms with Gasteiger partial charge in [-0.3, -0.25) is 18.7 Å². The number of aromatic hydroxyl groups is 1. The van der Waals surface area contributed by atoms with Gasteiger partial charge in [-0.2, -0.15) is 0 Å². The standard InChI is InChI=1S/C22H26N2O4/c1-15(2)10-12-23-20(26)19(18(25)14-17-8-6-5-7-9-17)21(27)24(22(23)28)13-11-16(3)4/h5-11,26H,12-14H2,1-4H3. The van der Waals surface area contributed by atoms with Crippen LogP contribution in [-0.4, -0.2) is 20.0 Å². The Morgan fingerprint density at radius 3 is 2.00 bits per heavy atom. The first-order valence-corrected chi connectivity index (χ1v) is 9.12. The lowest BCUT2D eigenvalue weighted by molar-refractivity contribution is 0.0986. The van der Waals surface area contributed by atoms with Crippen LogP contribution >= 0.6 is 0 Å². The Balaban J connectivity index is 2.64. The van der Waals surface area contributed by atoms with Crippen LogP contribution in [0.1, 0.15) is 43.6 Å². The molecule has 1 aromatic heterocycles. The third kappa shape index (κ3) is 4.97. The van der Waals surface area contributed by atoms with Crippen LogP contribution in [0, 0.1) is 0 Å². The van der Waals surface area contributed by atoms with Crippen molar-refractivity contribution in [1.29, 1.82) is 0 Å². The third-order valence-electron chi connectivity index (χ3n) is 4.25. The Morgan fingerprint density at radius 2 is 1.46 bits per heavy atom. The largest absolute Gasteiger partial charge is 0.494 e. The topological polar surface area (TPSA) is 81.3 Å². The SMILES string of the molecule is CC(C)=CCn1c(O)c(C(=O)Cc2ccccc2)c(=O)n(CC=C(C)C)c1=O. The normalized spacial score (nSPS) is 10.4. The summed E-state index contributed by atoms with van der Waals surface area (Å²) >= 11 is 0. The molecule has 6 nitrogen and oxygen atoms in total. The van der Waals surface area contributed by atoms with Crippen LogP contribution < -0.4 is 11.2 Å². The van der Waals surface area contributed by atoms with Gasteiger partial charge >= 0.3 is 5.69 Å². The van der Waals surface area contributed by atoms with Crippen molar-refractivity contribution < 1.29 is 9.90 Å². The summed E-state index contributed by atoms with van der Waals surface area (Å²) in [5.74, 6) is -1.10. The number of nitrogens with zero attached hydrogens (tertiary/aromatic N) is 2. The number of ketones is 1. The van der Waals surface area contributed by atoms with E-state index in [9.17, 15) is 19.5 Å². The second kappa shape index (κ2) is 9.17. The molecule has 6 heteroatoms. The molecule has 2 rings (SSSR count). The van der Waals surface area contributed by atoms with Gasteiger partial charge < -0.3 is 5.11 Å². The lowest BCUT2D eigenvalue weighted by Crippen LogP contribution is -2.42. The Hall–Kier alpha value is -3.15. The maximum atomic E-state index is 12.9. The molecule has 0 aliphatic heterocycles. The van der Waals surface area contributed by atoms with Crippen LogP contribution in [0.15, 0.2) is 63.2 Å². The highest BCUT2D eigenvalue weighted by molar-refractivity contribution is 5.99. The minimum absolute atomic E-state index is 0.0346. The molecular formula is C22H26N2O4. The molecule has 0 aliphatic rings. The van der Waals surface area contributed by atoms with Gasteiger partial charge in [0.25, 0.3) is 5.56 Å². The highest BCUT2D eigenvalue weighted by Crippen LogP contribution is 2.15. The number of carbonyl (C=O) groups is 1. The van der Waals surface area contributed by atoms with Crippen molar-refractivity contribution in [3.05, 3.63) is 85.6 Å². The predicted molar refractivity (Wildman–Crippen MR) is 110 cm³/mol. The van der Waals surface area contributed by atoms with Gasteiger partial charge in [-0.15, -0.1) is 0 Å². The minimum Gasteiger partial charge on any atom is -0.494 e. The summed E-state index contributed by atoms with van der Waals surface area (Å²) < 4.78 is 2.05. The quantitative estimate of drug-likeness (QED) is 0.589. The second-order valence-electron chi connectivity index (χ2n) is 7.16. The molecule has 0 unspecified atom stereocenters. The first kappa shape index (κ1) is 21.2. The Bertz CT molecular complexity index is 1030. The van der Waals surface area contributed by atoms with Crippen molar-refractivity contribution in [1.82, 2.24) is 9.13 Å². The van der Waals surface area contributed by atoms with E-state index in [-0.39, 0.29) is 25.1 Å². The third-order valence-corrected chi connectivity index (χ3v) is 4.25. The fourth-order valence-electron chi connectivity index (χ4n) is 2.68. The molecule has 0 saturated carbocycles. The molecule has 0 atom stereocenters. The van der Waals surface area contributed by atoms with Gasteiger partial charge in [-0.1, -0.05) is 53.6 Å². The van der Waals surface area contributed by atoms with Crippen molar-refractivity contribution in [2.24, 2.45) is 0 Å². The summed E-state index contributed by atoms with van der Waals surface area (Å²) in [6.07, 6.45) is 3.45. The molecule has 148 valence electrons. The van der Waals surface area contributed by atoms with E-state index in [4.69, 9.17) is 0 Å². The van der Waals surface area contributed by atoms with Gasteiger partial charge in [0, 0.05) is 19.5 Å². The zero-order chi connectivity index (χ0) is 20.8. The molecule has 28 heavy (non-hydrogen) atoms. The number of aromatic nitrogens is 2. The highest BCUT2D eigenvalue weighted by Gasteiger charge is 2.23. The van der Waals surface area contributed by atoms with Gasteiger partial charge in [0.05, 0.1) is 0 Å². The summed E-state index contributed by atoms with van der Waals surface area (Å²) in [4.78, 5) is 38.5. The number of hydrogen-bond acceptors (Lipinski definition) is 4. The van der Waals surface area contributed by atoms with Crippen molar-refractivity contribution in [2.45, 2.75) is 47.2 Å². The van der Waals surface area contributed by atoms with Gasteiger partial charge in [0.15, 0.2) is 5.78 Å². The molecule has 0 saturated heterocycles. The number of Topliss-reactive ketones (excluding diaryl/α,β-unsaturated/α-hetero) is 1. The average molecular weight is 382 g/mol. The van der Waals surface area contributed by atoms with Crippen LogP contribution in [0.5, 0.6) is 5.88 Å². The molecule has 0 amide bonds. The van der Waals surface area contributed by atoms with Gasteiger partial charge in [-0.05, 0) is 33.3 Å². The van der Waals surface area contributed by atoms with E-state index >= 15 is 0 Å². The van der Waals surface area contributed by atoms with Crippen LogP contribution in [0.25, 0.3) is 0 Å². The highest BCUT2D eigenvalue weighted by atomic mass is 16.3. The lowest BCUT2D eigenvalue weighted by atomic mass is 10.0. The number of hydrogen-bond donors (Lipinski definition) is 1. The zero-order valence-corrected chi connectivity index (χ0v) is 16.7. The summed E-state index contributed by atoms with van der Waals surface area (Å²) in [6.45, 7) is 7.56. The van der Waals surface area contributed by atoms with Crippen molar-refractivity contribution in [3.63, 3.8) is 0 Å². The Labute approximate surface area is 164 Å². The summed E-state index contributed by atoms with van der Waals surface area (Å²) in [5, 5.41) is 10.6. The summed E-state index contributed by atoms with van der Waals surface area (Å²) in [5.41, 5.74) is 0.845. The molecule has 0 spiro atoms. The van der Waals surface area contributed by atoms with E-state index in [2.05, 4.69) is 0 Å². The van der Waals surface area contributed by atoms with E-state index in [0.29, 0.717) is 0 Å². The van der Waals surface area contributed by atoms with E-state index in [1.165, 1.54) is 0 Å². The van der Waals surface area contributed by atoms with E-state index < -0.39 is 22.9 Å². The number of rotatable bonds is 7. The van der Waals surface area contributed by atoms with Crippen molar-refractivity contribution in [2.75, 3.05) is 0 Å². The van der Waals surface area contributed by atoms with Crippen molar-refractivity contribution in [3.8, 4) is 5.88 Å². The van der Waals surface area contributed by atoms with Gasteiger partial charge in [0.1, 0.15) is 5.56 Å². The number of allylic oxidation sites excluding steroid dienone is 4. The molecule has 0 radical (unpaired) electrons. The second-order valence-corrected chi connectivity index (χ2v) is 7.16. The van der Waals surface area contributed by atoms with Crippen molar-refractivity contribution >= 4 is 5.78 Å². The minimum atomic E-state index is -0.769. The molecule has 1 N–H and O–H groups in total. The fraction of sp³-hybridized carbons (Fsp3) is 0.318. The predicted octanol–water partition coefficient (Wildman–Crippen LogP) is 3.07. The average Bonchev–Trinajstić information content (AvgIpc) is 2.61. The Morgan fingerprint density at radius 1 is 0.929 bits per heavy atom. The first-order valence-electron chi connectivity index (χ1n) is 9.12. The first-order chi connectivity index (χ1) is 13.2. The maximum absolute atomic E-state index is 12.9.